The van der Waals surface area contributed by atoms with Crippen LogP contribution in [0.4, 0.5) is 0 Å². The zero-order valence-electron chi connectivity index (χ0n) is 13.1. The summed E-state index contributed by atoms with van der Waals surface area (Å²) >= 11 is 1.55. The monoisotopic (exact) mass is 325 g/mol. The van der Waals surface area contributed by atoms with Crippen LogP contribution in [0.1, 0.15) is 39.5 Å². The smallest absolute Gasteiger partial charge is 0.327 e. The van der Waals surface area contributed by atoms with E-state index >= 15 is 0 Å². The summed E-state index contributed by atoms with van der Waals surface area (Å²) in [5.41, 5.74) is 0. The number of β-lactam (4-membered cyclic amide) rings is 1. The third-order valence-electron chi connectivity index (χ3n) is 4.68. The zero-order valence-corrected chi connectivity index (χ0v) is 13.9. The summed E-state index contributed by atoms with van der Waals surface area (Å²) < 4.78 is -0.473. The van der Waals surface area contributed by atoms with Crippen molar-refractivity contribution in [2.45, 2.75) is 61.7 Å². The maximum atomic E-state index is 12.3. The van der Waals surface area contributed by atoms with Crippen molar-refractivity contribution in [3.05, 3.63) is 0 Å². The number of thioether (sulfide) groups is 1. The Hall–Kier alpha value is -1.24. The first-order valence-corrected chi connectivity index (χ1v) is 8.80. The van der Waals surface area contributed by atoms with E-state index in [2.05, 4.69) is 9.89 Å². The van der Waals surface area contributed by atoms with Gasteiger partial charge in [-0.3, -0.25) is 9.79 Å². The van der Waals surface area contributed by atoms with Crippen LogP contribution in [0.3, 0.4) is 0 Å². The second-order valence-corrected chi connectivity index (χ2v) is 8.53. The maximum Gasteiger partial charge on any atom is 0.327 e. The van der Waals surface area contributed by atoms with Gasteiger partial charge in [-0.2, -0.15) is 0 Å². The van der Waals surface area contributed by atoms with Gasteiger partial charge >= 0.3 is 5.97 Å². The molecule has 3 aliphatic rings. The van der Waals surface area contributed by atoms with Crippen molar-refractivity contribution in [2.24, 2.45) is 4.99 Å². The highest BCUT2D eigenvalue weighted by Gasteiger charge is 2.63. The number of rotatable bonds is 3. The first kappa shape index (κ1) is 15.6. The van der Waals surface area contributed by atoms with Crippen LogP contribution in [-0.2, 0) is 9.59 Å². The number of hydrogen-bond donors (Lipinski definition) is 1. The molecule has 3 fully saturated rings. The minimum Gasteiger partial charge on any atom is -0.480 e. The standard InChI is InChI=1S/C15H23N3O3S/c1-15(2)11(14(20)21)18-12(19)10(13(18)22-15)16-9-17-7-5-3-4-6-8-17/h9-11,13H,3-8H2,1-2H3,(H,20,21)/t10-,11-,13-/m0/s1. The molecule has 3 saturated heterocycles. The molecule has 0 aromatic carbocycles. The van der Waals surface area contributed by atoms with E-state index in [9.17, 15) is 14.7 Å². The largest absolute Gasteiger partial charge is 0.480 e. The highest BCUT2D eigenvalue weighted by molar-refractivity contribution is 8.01. The first-order chi connectivity index (χ1) is 10.4. The van der Waals surface area contributed by atoms with Gasteiger partial charge in [-0.25, -0.2) is 4.79 Å². The number of likely N-dealkylation sites (tertiary alicyclic amines) is 1. The third kappa shape index (κ3) is 2.59. The van der Waals surface area contributed by atoms with Gasteiger partial charge in [-0.1, -0.05) is 12.8 Å². The van der Waals surface area contributed by atoms with Crippen LogP contribution in [0.25, 0.3) is 0 Å². The Bertz CT molecular complexity index is 500. The molecule has 0 saturated carbocycles. The van der Waals surface area contributed by atoms with Gasteiger partial charge in [0.1, 0.15) is 11.4 Å². The fourth-order valence-electron chi connectivity index (χ4n) is 3.51. The summed E-state index contributed by atoms with van der Waals surface area (Å²) in [6, 6.07) is -1.17. The summed E-state index contributed by atoms with van der Waals surface area (Å²) in [4.78, 5) is 31.9. The molecule has 0 unspecified atom stereocenters. The predicted molar refractivity (Wildman–Crippen MR) is 86.0 cm³/mol. The highest BCUT2D eigenvalue weighted by Crippen LogP contribution is 2.51. The summed E-state index contributed by atoms with van der Waals surface area (Å²) in [5.74, 6) is -1.08. The molecule has 0 radical (unpaired) electrons. The molecular formula is C15H23N3O3S. The Kier molecular flexibility index (Phi) is 4.09. The molecule has 0 bridgehead atoms. The molecule has 122 valence electrons. The number of aliphatic carboxylic acids is 1. The van der Waals surface area contributed by atoms with E-state index in [1.807, 2.05) is 20.2 Å². The van der Waals surface area contributed by atoms with E-state index in [1.165, 1.54) is 30.6 Å². The van der Waals surface area contributed by atoms with Crippen molar-refractivity contribution in [1.82, 2.24) is 9.80 Å². The van der Waals surface area contributed by atoms with E-state index in [0.29, 0.717) is 0 Å². The van der Waals surface area contributed by atoms with Crippen molar-refractivity contribution in [2.75, 3.05) is 13.1 Å². The van der Waals surface area contributed by atoms with Crippen LogP contribution in [-0.4, -0.2) is 68.4 Å². The minimum absolute atomic E-state index is 0.133. The number of carbonyl (C=O) groups excluding carboxylic acids is 1. The topological polar surface area (TPSA) is 73.2 Å². The van der Waals surface area contributed by atoms with Crippen LogP contribution >= 0.6 is 11.8 Å². The van der Waals surface area contributed by atoms with E-state index < -0.39 is 22.8 Å². The molecule has 6 nitrogen and oxygen atoms in total. The van der Waals surface area contributed by atoms with Gasteiger partial charge in [-0.15, -0.1) is 11.8 Å². The summed E-state index contributed by atoms with van der Waals surface area (Å²) in [7, 11) is 0. The van der Waals surface area contributed by atoms with Crippen molar-refractivity contribution in [3.8, 4) is 0 Å². The average molecular weight is 325 g/mol. The maximum absolute atomic E-state index is 12.3. The van der Waals surface area contributed by atoms with Gasteiger partial charge in [0.15, 0.2) is 6.04 Å². The second kappa shape index (κ2) is 5.76. The van der Waals surface area contributed by atoms with Gasteiger partial charge in [0.05, 0.1) is 6.34 Å². The van der Waals surface area contributed by atoms with Gasteiger partial charge in [0, 0.05) is 17.8 Å². The Balaban J connectivity index is 1.68. The molecule has 3 aliphatic heterocycles. The fourth-order valence-corrected chi connectivity index (χ4v) is 5.13. The van der Waals surface area contributed by atoms with Crippen molar-refractivity contribution >= 4 is 30.0 Å². The van der Waals surface area contributed by atoms with Gasteiger partial charge in [0.25, 0.3) is 5.91 Å². The number of carboxylic acid groups (broad SMARTS) is 1. The normalized spacial score (nSPS) is 34.5. The van der Waals surface area contributed by atoms with Crippen molar-refractivity contribution in [3.63, 3.8) is 0 Å². The lowest BCUT2D eigenvalue weighted by molar-refractivity contribution is -0.158. The molecule has 1 N–H and O–H groups in total. The second-order valence-electron chi connectivity index (χ2n) is 6.76. The van der Waals surface area contributed by atoms with E-state index in [1.54, 1.807) is 11.8 Å². The van der Waals surface area contributed by atoms with Gasteiger partial charge in [0.2, 0.25) is 0 Å². The van der Waals surface area contributed by atoms with Gasteiger partial charge in [-0.05, 0) is 26.7 Å². The number of carboxylic acids is 1. The fraction of sp³-hybridized carbons (Fsp3) is 0.800. The lowest BCUT2D eigenvalue weighted by Gasteiger charge is -2.41. The summed E-state index contributed by atoms with van der Waals surface area (Å²) in [5, 5.41) is 9.25. The Morgan fingerprint density at radius 3 is 2.55 bits per heavy atom. The number of fused-ring (bicyclic) bond motifs is 1. The van der Waals surface area contributed by atoms with E-state index in [-0.39, 0.29) is 11.3 Å². The molecule has 0 aromatic heterocycles. The van der Waals surface area contributed by atoms with Crippen molar-refractivity contribution < 1.29 is 14.7 Å². The Morgan fingerprint density at radius 2 is 1.95 bits per heavy atom. The Labute approximate surface area is 134 Å². The summed E-state index contributed by atoms with van der Waals surface area (Å²) in [6.45, 7) is 5.76. The first-order valence-electron chi connectivity index (χ1n) is 7.92. The lowest BCUT2D eigenvalue weighted by atomic mass is 9.96. The summed E-state index contributed by atoms with van der Waals surface area (Å²) in [6.07, 6.45) is 6.67. The van der Waals surface area contributed by atoms with Crippen LogP contribution in [0.2, 0.25) is 0 Å². The molecule has 22 heavy (non-hydrogen) atoms. The molecule has 1 amide bonds. The molecule has 7 heteroatoms. The third-order valence-corrected chi connectivity index (χ3v) is 6.24. The molecular weight excluding hydrogens is 302 g/mol. The SMILES string of the molecule is CC1(C)S[C@H]2[C@@H](N=CN3CCCCCC3)C(=O)N2[C@H]1C(=O)O. The van der Waals surface area contributed by atoms with Crippen LogP contribution in [0, 0.1) is 0 Å². The van der Waals surface area contributed by atoms with E-state index in [4.69, 9.17) is 0 Å². The average Bonchev–Trinajstić information content (AvgIpc) is 2.60. The lowest BCUT2D eigenvalue weighted by Crippen LogP contribution is -2.65. The van der Waals surface area contributed by atoms with Crippen LogP contribution in [0.5, 0.6) is 0 Å². The molecule has 0 spiro atoms. The molecule has 3 heterocycles. The quantitative estimate of drug-likeness (QED) is 0.482. The van der Waals surface area contributed by atoms with Crippen LogP contribution in [0.15, 0.2) is 4.99 Å². The zero-order chi connectivity index (χ0) is 15.9. The number of carbonyl (C=O) groups is 2. The minimum atomic E-state index is -0.928. The van der Waals surface area contributed by atoms with Crippen molar-refractivity contribution in [1.29, 1.82) is 0 Å². The number of nitrogens with zero attached hydrogens (tertiary/aromatic N) is 3. The molecule has 0 aromatic rings. The molecule has 3 rings (SSSR count). The Morgan fingerprint density at radius 1 is 1.32 bits per heavy atom. The number of aliphatic imine (C=N–C) groups is 1. The van der Waals surface area contributed by atoms with E-state index in [0.717, 1.165) is 13.1 Å². The number of amides is 1. The molecule has 3 atom stereocenters. The van der Waals surface area contributed by atoms with Crippen LogP contribution < -0.4 is 0 Å². The molecule has 0 aliphatic carbocycles. The number of hydrogen-bond acceptors (Lipinski definition) is 4. The van der Waals surface area contributed by atoms with Gasteiger partial charge < -0.3 is 14.9 Å². The predicted octanol–water partition coefficient (Wildman–Crippen LogP) is 1.41. The highest BCUT2D eigenvalue weighted by atomic mass is 32.2.